The van der Waals surface area contributed by atoms with Gasteiger partial charge in [0, 0.05) is 16.6 Å². The van der Waals surface area contributed by atoms with E-state index in [1.165, 1.54) is 0 Å². The number of nitrogens with zero attached hydrogens (tertiary/aromatic N) is 1. The molecule has 0 fully saturated rings. The molecule has 1 aromatic heterocycles. The molecule has 116 valence electrons. The molecule has 0 aliphatic heterocycles. The maximum atomic E-state index is 12.4. The molecule has 0 saturated heterocycles. The SMILES string of the molecule is CC(C)Oc1cnc2ccc(C(=O)Nc3ccccc3)cc2c1. The second-order valence-electron chi connectivity index (χ2n) is 5.57. The molecule has 23 heavy (non-hydrogen) atoms. The molecular formula is C19H18N2O2. The summed E-state index contributed by atoms with van der Waals surface area (Å²) in [6.45, 7) is 3.93. The number of amides is 1. The van der Waals surface area contributed by atoms with Crippen molar-refractivity contribution < 1.29 is 9.53 Å². The predicted molar refractivity (Wildman–Crippen MR) is 91.9 cm³/mol. The van der Waals surface area contributed by atoms with Crippen molar-refractivity contribution in [1.29, 1.82) is 0 Å². The van der Waals surface area contributed by atoms with Crippen molar-refractivity contribution in [3.8, 4) is 5.75 Å². The lowest BCUT2D eigenvalue weighted by molar-refractivity contribution is 0.102. The number of fused-ring (bicyclic) bond motifs is 1. The first-order chi connectivity index (χ1) is 11.1. The van der Waals surface area contributed by atoms with Crippen LogP contribution in [-0.4, -0.2) is 17.0 Å². The van der Waals surface area contributed by atoms with E-state index in [1.54, 1.807) is 12.3 Å². The first kappa shape index (κ1) is 15.0. The van der Waals surface area contributed by atoms with Crippen molar-refractivity contribution in [2.45, 2.75) is 20.0 Å². The Balaban J connectivity index is 1.87. The zero-order valence-corrected chi connectivity index (χ0v) is 13.1. The van der Waals surface area contributed by atoms with Crippen LogP contribution in [0, 0.1) is 0 Å². The molecule has 3 aromatic rings. The standard InChI is InChI=1S/C19H18N2O2/c1-13(2)23-17-11-15-10-14(8-9-18(15)20-12-17)19(22)21-16-6-4-3-5-7-16/h3-13H,1-2H3,(H,21,22). The highest BCUT2D eigenvalue weighted by Crippen LogP contribution is 2.21. The molecule has 0 bridgehead atoms. The lowest BCUT2D eigenvalue weighted by Gasteiger charge is -2.10. The summed E-state index contributed by atoms with van der Waals surface area (Å²) in [5.74, 6) is 0.557. The van der Waals surface area contributed by atoms with Crippen molar-refractivity contribution in [2.24, 2.45) is 0 Å². The Morgan fingerprint density at radius 1 is 1.09 bits per heavy atom. The molecule has 3 rings (SSSR count). The number of hydrogen-bond donors (Lipinski definition) is 1. The van der Waals surface area contributed by atoms with Gasteiger partial charge in [-0.3, -0.25) is 9.78 Å². The van der Waals surface area contributed by atoms with Gasteiger partial charge in [0.2, 0.25) is 0 Å². The van der Waals surface area contributed by atoms with E-state index in [0.29, 0.717) is 11.3 Å². The third kappa shape index (κ3) is 3.66. The molecule has 1 amide bonds. The number of nitrogens with one attached hydrogen (secondary N) is 1. The molecule has 2 aromatic carbocycles. The topological polar surface area (TPSA) is 51.2 Å². The minimum atomic E-state index is -0.145. The van der Waals surface area contributed by atoms with Gasteiger partial charge in [-0.15, -0.1) is 0 Å². The minimum absolute atomic E-state index is 0.0822. The fraction of sp³-hybridized carbons (Fsp3) is 0.158. The molecular weight excluding hydrogens is 288 g/mol. The third-order valence-corrected chi connectivity index (χ3v) is 3.32. The molecule has 1 heterocycles. The second kappa shape index (κ2) is 6.48. The van der Waals surface area contributed by atoms with Gasteiger partial charge in [0.25, 0.3) is 5.91 Å². The van der Waals surface area contributed by atoms with Crippen molar-refractivity contribution in [3.05, 3.63) is 66.4 Å². The Kier molecular flexibility index (Phi) is 4.24. The Morgan fingerprint density at radius 2 is 1.87 bits per heavy atom. The van der Waals surface area contributed by atoms with Crippen LogP contribution in [0.3, 0.4) is 0 Å². The summed E-state index contributed by atoms with van der Waals surface area (Å²) >= 11 is 0. The van der Waals surface area contributed by atoms with E-state index in [9.17, 15) is 4.79 Å². The Morgan fingerprint density at radius 3 is 2.61 bits per heavy atom. The monoisotopic (exact) mass is 306 g/mol. The number of carbonyl (C=O) groups excluding carboxylic acids is 1. The van der Waals surface area contributed by atoms with Gasteiger partial charge < -0.3 is 10.1 Å². The van der Waals surface area contributed by atoms with E-state index < -0.39 is 0 Å². The number of pyridine rings is 1. The number of rotatable bonds is 4. The number of anilines is 1. The molecule has 0 atom stereocenters. The number of benzene rings is 2. The van der Waals surface area contributed by atoms with E-state index in [2.05, 4.69) is 10.3 Å². The largest absolute Gasteiger partial charge is 0.489 e. The summed E-state index contributed by atoms with van der Waals surface area (Å²) in [6, 6.07) is 16.7. The molecule has 4 heteroatoms. The van der Waals surface area contributed by atoms with E-state index in [4.69, 9.17) is 4.74 Å². The average molecular weight is 306 g/mol. The van der Waals surface area contributed by atoms with Crippen molar-refractivity contribution in [1.82, 2.24) is 4.98 Å². The maximum Gasteiger partial charge on any atom is 0.255 e. The van der Waals surface area contributed by atoms with Crippen molar-refractivity contribution >= 4 is 22.5 Å². The van der Waals surface area contributed by atoms with Gasteiger partial charge in [0.05, 0.1) is 17.8 Å². The van der Waals surface area contributed by atoms with Gasteiger partial charge >= 0.3 is 0 Å². The van der Waals surface area contributed by atoms with E-state index in [-0.39, 0.29) is 12.0 Å². The van der Waals surface area contributed by atoms with Crippen LogP contribution in [0.1, 0.15) is 24.2 Å². The second-order valence-corrected chi connectivity index (χ2v) is 5.57. The summed E-state index contributed by atoms with van der Waals surface area (Å²) in [4.78, 5) is 16.7. The van der Waals surface area contributed by atoms with Gasteiger partial charge in [0.15, 0.2) is 0 Å². The Hall–Kier alpha value is -2.88. The van der Waals surface area contributed by atoms with Crippen LogP contribution in [-0.2, 0) is 0 Å². The highest BCUT2D eigenvalue weighted by atomic mass is 16.5. The summed E-state index contributed by atoms with van der Waals surface area (Å²) in [6.07, 6.45) is 1.78. The first-order valence-corrected chi connectivity index (χ1v) is 7.55. The highest BCUT2D eigenvalue weighted by Gasteiger charge is 2.08. The Bertz CT molecular complexity index is 829. The van der Waals surface area contributed by atoms with Crippen LogP contribution in [0.4, 0.5) is 5.69 Å². The quantitative estimate of drug-likeness (QED) is 0.783. The normalized spacial score (nSPS) is 10.7. The van der Waals surface area contributed by atoms with Crippen LogP contribution in [0.25, 0.3) is 10.9 Å². The van der Waals surface area contributed by atoms with Crippen molar-refractivity contribution in [3.63, 3.8) is 0 Å². The number of aromatic nitrogens is 1. The van der Waals surface area contributed by atoms with Crippen molar-refractivity contribution in [2.75, 3.05) is 5.32 Å². The molecule has 4 nitrogen and oxygen atoms in total. The maximum absolute atomic E-state index is 12.4. The lowest BCUT2D eigenvalue weighted by atomic mass is 10.1. The minimum Gasteiger partial charge on any atom is -0.489 e. The summed E-state index contributed by atoms with van der Waals surface area (Å²) in [7, 11) is 0. The molecule has 0 radical (unpaired) electrons. The zero-order chi connectivity index (χ0) is 16.2. The van der Waals surface area contributed by atoms with E-state index >= 15 is 0 Å². The van der Waals surface area contributed by atoms with Gasteiger partial charge in [-0.2, -0.15) is 0 Å². The number of carbonyl (C=O) groups is 1. The average Bonchev–Trinajstić information content (AvgIpc) is 2.54. The molecule has 0 aliphatic rings. The van der Waals surface area contributed by atoms with Gasteiger partial charge in [-0.05, 0) is 50.2 Å². The van der Waals surface area contributed by atoms with Gasteiger partial charge in [0.1, 0.15) is 5.75 Å². The third-order valence-electron chi connectivity index (χ3n) is 3.32. The lowest BCUT2D eigenvalue weighted by Crippen LogP contribution is -2.11. The van der Waals surface area contributed by atoms with Crippen LogP contribution >= 0.6 is 0 Å². The summed E-state index contributed by atoms with van der Waals surface area (Å²) in [5, 5.41) is 3.76. The van der Waals surface area contributed by atoms with E-state index in [1.807, 2.05) is 62.4 Å². The van der Waals surface area contributed by atoms with Crippen LogP contribution in [0.2, 0.25) is 0 Å². The smallest absolute Gasteiger partial charge is 0.255 e. The van der Waals surface area contributed by atoms with Gasteiger partial charge in [-0.25, -0.2) is 0 Å². The van der Waals surface area contributed by atoms with Gasteiger partial charge in [-0.1, -0.05) is 18.2 Å². The zero-order valence-electron chi connectivity index (χ0n) is 13.1. The summed E-state index contributed by atoms with van der Waals surface area (Å²) in [5.41, 5.74) is 2.19. The number of ether oxygens (including phenoxy) is 1. The Labute approximate surface area is 135 Å². The first-order valence-electron chi connectivity index (χ1n) is 7.55. The van der Waals surface area contributed by atoms with Crippen LogP contribution in [0.15, 0.2) is 60.8 Å². The fourth-order valence-corrected chi connectivity index (χ4v) is 2.31. The summed E-state index contributed by atoms with van der Waals surface area (Å²) < 4.78 is 5.66. The molecule has 0 aliphatic carbocycles. The molecule has 0 unspecified atom stereocenters. The number of hydrogen-bond acceptors (Lipinski definition) is 3. The molecule has 1 N–H and O–H groups in total. The highest BCUT2D eigenvalue weighted by molar-refractivity contribution is 6.06. The van der Waals surface area contributed by atoms with E-state index in [0.717, 1.165) is 16.6 Å². The van der Waals surface area contributed by atoms with Crippen LogP contribution in [0.5, 0.6) is 5.75 Å². The molecule has 0 spiro atoms. The van der Waals surface area contributed by atoms with Crippen LogP contribution < -0.4 is 10.1 Å². The predicted octanol–water partition coefficient (Wildman–Crippen LogP) is 4.27. The number of para-hydroxylation sites is 1. The fourth-order valence-electron chi connectivity index (χ4n) is 2.31. The molecule has 0 saturated carbocycles.